The van der Waals surface area contributed by atoms with Gasteiger partial charge in [-0.25, -0.2) is 0 Å². The second-order valence-electron chi connectivity index (χ2n) is 8.37. The van der Waals surface area contributed by atoms with Crippen molar-refractivity contribution in [1.29, 1.82) is 0 Å². The van der Waals surface area contributed by atoms with Crippen molar-refractivity contribution in [1.82, 2.24) is 9.80 Å². The van der Waals surface area contributed by atoms with Gasteiger partial charge in [-0.15, -0.1) is 0 Å². The third-order valence-corrected chi connectivity index (χ3v) is 9.85. The van der Waals surface area contributed by atoms with E-state index in [0.717, 1.165) is 26.2 Å². The van der Waals surface area contributed by atoms with Gasteiger partial charge in [-0.2, -0.15) is 0 Å². The predicted molar refractivity (Wildman–Crippen MR) is 102 cm³/mol. The quantitative estimate of drug-likeness (QED) is 0.504. The lowest BCUT2D eigenvalue weighted by Crippen LogP contribution is -2.35. The second-order valence-corrected chi connectivity index (χ2v) is 15.5. The number of hydrogen-bond donors (Lipinski definition) is 0. The van der Waals surface area contributed by atoms with Gasteiger partial charge in [-0.1, -0.05) is 25.7 Å². The first-order chi connectivity index (χ1) is 10.9. The van der Waals surface area contributed by atoms with Crippen LogP contribution in [0, 0.1) is 0 Å². The Bertz CT molecular complexity index is 359. The smallest absolute Gasteiger partial charge is 0.220 e. The molecule has 0 aromatic heterocycles. The molecule has 0 bridgehead atoms. The van der Waals surface area contributed by atoms with E-state index < -0.39 is 15.7 Å². The molecule has 2 heterocycles. The number of nitrogens with zero attached hydrogens (tertiary/aromatic N) is 2. The molecule has 0 unspecified atom stereocenters. The topological polar surface area (TPSA) is 32.8 Å². The Morgan fingerprint density at radius 1 is 0.739 bits per heavy atom. The van der Waals surface area contributed by atoms with Crippen molar-refractivity contribution in [3.05, 3.63) is 0 Å². The molecule has 0 aromatic carbocycles. The van der Waals surface area contributed by atoms with E-state index in [1.165, 1.54) is 51.4 Å². The zero-order chi connectivity index (χ0) is 16.8. The SMILES string of the molecule is C[Si](C)(C)OP(=O)(CN1CCCCCC1)CN1CCCCCC1. The third kappa shape index (κ3) is 7.83. The highest BCUT2D eigenvalue weighted by Crippen LogP contribution is 2.51. The molecular weight excluding hydrogens is 323 g/mol. The van der Waals surface area contributed by atoms with Crippen LogP contribution in [-0.4, -0.2) is 56.9 Å². The normalized spacial score (nSPS) is 23.4. The molecule has 0 spiro atoms. The van der Waals surface area contributed by atoms with Gasteiger partial charge in [-0.05, 0) is 71.5 Å². The van der Waals surface area contributed by atoms with Crippen LogP contribution in [0.1, 0.15) is 51.4 Å². The highest BCUT2D eigenvalue weighted by Gasteiger charge is 2.34. The molecule has 0 radical (unpaired) electrons. The summed E-state index contributed by atoms with van der Waals surface area (Å²) in [7, 11) is -4.41. The summed E-state index contributed by atoms with van der Waals surface area (Å²) in [6.07, 6.45) is 11.6. The fraction of sp³-hybridized carbons (Fsp3) is 1.00. The van der Waals surface area contributed by atoms with Crippen LogP contribution in [0.3, 0.4) is 0 Å². The van der Waals surface area contributed by atoms with Gasteiger partial charge in [0.15, 0.2) is 8.32 Å². The molecule has 2 aliphatic heterocycles. The summed E-state index contributed by atoms with van der Waals surface area (Å²) < 4.78 is 20.0. The highest BCUT2D eigenvalue weighted by molar-refractivity contribution is 7.60. The third-order valence-electron chi connectivity index (χ3n) is 4.67. The predicted octanol–water partition coefficient (Wildman–Crippen LogP) is 4.78. The van der Waals surface area contributed by atoms with Crippen molar-refractivity contribution in [2.45, 2.75) is 71.0 Å². The lowest BCUT2D eigenvalue weighted by Gasteiger charge is -2.34. The van der Waals surface area contributed by atoms with Crippen LogP contribution in [0.4, 0.5) is 0 Å². The molecule has 0 aliphatic carbocycles. The van der Waals surface area contributed by atoms with Crippen LogP contribution in [0.25, 0.3) is 0 Å². The zero-order valence-corrected chi connectivity index (χ0v) is 17.5. The molecule has 6 heteroatoms. The Kier molecular flexibility index (Phi) is 7.81. The van der Waals surface area contributed by atoms with E-state index in [0.29, 0.717) is 12.6 Å². The van der Waals surface area contributed by atoms with Gasteiger partial charge in [0.05, 0.1) is 12.6 Å². The molecule has 23 heavy (non-hydrogen) atoms. The van der Waals surface area contributed by atoms with Crippen molar-refractivity contribution in [2.75, 3.05) is 38.8 Å². The van der Waals surface area contributed by atoms with Gasteiger partial charge < -0.3 is 4.21 Å². The van der Waals surface area contributed by atoms with Crippen molar-refractivity contribution in [3.8, 4) is 0 Å². The minimum Gasteiger partial charge on any atom is -0.368 e. The molecule has 4 nitrogen and oxygen atoms in total. The van der Waals surface area contributed by atoms with Crippen molar-refractivity contribution in [3.63, 3.8) is 0 Å². The van der Waals surface area contributed by atoms with Gasteiger partial charge >= 0.3 is 0 Å². The summed E-state index contributed by atoms with van der Waals surface area (Å²) >= 11 is 0. The van der Waals surface area contributed by atoms with Crippen LogP contribution in [-0.2, 0) is 8.78 Å². The lowest BCUT2D eigenvalue weighted by molar-refractivity contribution is 0.287. The largest absolute Gasteiger partial charge is 0.368 e. The summed E-state index contributed by atoms with van der Waals surface area (Å²) in [6, 6.07) is 0. The lowest BCUT2D eigenvalue weighted by atomic mass is 10.2. The molecule has 2 saturated heterocycles. The maximum absolute atomic E-state index is 13.7. The summed E-state index contributed by atoms with van der Waals surface area (Å²) in [5.41, 5.74) is 0. The number of rotatable bonds is 6. The average Bonchev–Trinajstić information content (AvgIpc) is 2.81. The van der Waals surface area contributed by atoms with E-state index >= 15 is 0 Å². The summed E-state index contributed by atoms with van der Waals surface area (Å²) in [4.78, 5) is 4.84. The zero-order valence-electron chi connectivity index (χ0n) is 15.6. The van der Waals surface area contributed by atoms with E-state index in [4.69, 9.17) is 4.21 Å². The van der Waals surface area contributed by atoms with Crippen molar-refractivity contribution < 1.29 is 8.78 Å². The van der Waals surface area contributed by atoms with E-state index in [9.17, 15) is 4.57 Å². The Labute approximate surface area is 144 Å². The second kappa shape index (κ2) is 9.14. The first-order valence-corrected chi connectivity index (χ1v) is 15.0. The van der Waals surface area contributed by atoms with Crippen LogP contribution in [0.5, 0.6) is 0 Å². The molecular formula is C17H37N2O2PSi. The Morgan fingerprint density at radius 3 is 1.39 bits per heavy atom. The molecule has 0 atom stereocenters. The molecule has 0 aromatic rings. The monoisotopic (exact) mass is 360 g/mol. The maximum atomic E-state index is 13.7. The molecule has 0 saturated carbocycles. The maximum Gasteiger partial charge on any atom is 0.220 e. The number of hydrogen-bond acceptors (Lipinski definition) is 4. The minimum atomic E-state index is -2.60. The minimum absolute atomic E-state index is 0.674. The summed E-state index contributed by atoms with van der Waals surface area (Å²) in [5.74, 6) is 0. The molecule has 0 amide bonds. The number of likely N-dealkylation sites (tertiary alicyclic amines) is 2. The van der Waals surface area contributed by atoms with Crippen molar-refractivity contribution >= 4 is 15.7 Å². The van der Waals surface area contributed by atoms with Crippen LogP contribution in [0.15, 0.2) is 0 Å². The summed E-state index contributed by atoms with van der Waals surface area (Å²) in [6.45, 7) is 10.9. The van der Waals surface area contributed by atoms with Gasteiger partial charge in [0, 0.05) is 0 Å². The standard InChI is InChI=1S/C17H37N2O2PSi/c1-23(2,3)21-22(20,16-18-12-8-4-5-9-13-18)17-19-14-10-6-7-11-15-19/h4-17H2,1-3H3. The fourth-order valence-corrected chi connectivity index (χ4v) is 10.1. The average molecular weight is 361 g/mol. The van der Waals surface area contributed by atoms with Gasteiger partial charge in [0.25, 0.3) is 0 Å². The first kappa shape index (κ1) is 19.6. The van der Waals surface area contributed by atoms with Crippen LogP contribution < -0.4 is 0 Å². The Balaban J connectivity index is 2.02. The van der Waals surface area contributed by atoms with Gasteiger partial charge in [0.1, 0.15) is 0 Å². The van der Waals surface area contributed by atoms with Gasteiger partial charge in [0.2, 0.25) is 7.37 Å². The van der Waals surface area contributed by atoms with E-state index in [1.54, 1.807) is 0 Å². The van der Waals surface area contributed by atoms with Crippen molar-refractivity contribution in [2.24, 2.45) is 0 Å². The highest BCUT2D eigenvalue weighted by atomic mass is 31.2. The van der Waals surface area contributed by atoms with Gasteiger partial charge in [-0.3, -0.25) is 14.4 Å². The van der Waals surface area contributed by atoms with Crippen LogP contribution in [0.2, 0.25) is 19.6 Å². The molecule has 2 rings (SSSR count). The van der Waals surface area contributed by atoms with E-state index in [-0.39, 0.29) is 0 Å². The first-order valence-electron chi connectivity index (χ1n) is 9.60. The molecule has 2 fully saturated rings. The van der Waals surface area contributed by atoms with E-state index in [2.05, 4.69) is 29.4 Å². The molecule has 136 valence electrons. The Hall–Kier alpha value is 0.327. The molecule has 0 N–H and O–H groups in total. The van der Waals surface area contributed by atoms with E-state index in [1.807, 2.05) is 0 Å². The van der Waals surface area contributed by atoms with Crippen LogP contribution >= 0.6 is 7.37 Å². The summed E-state index contributed by atoms with van der Waals surface area (Å²) in [5, 5.41) is 0. The fourth-order valence-electron chi connectivity index (χ4n) is 3.77. The Morgan fingerprint density at radius 2 is 1.09 bits per heavy atom. The molecule has 2 aliphatic rings.